The molecule has 38 heavy (non-hydrogen) atoms. The number of hydrogen-bond acceptors (Lipinski definition) is 3. The molecule has 0 saturated carbocycles. The van der Waals surface area contributed by atoms with Gasteiger partial charge in [0.2, 0.25) is 0 Å². The van der Waals surface area contributed by atoms with E-state index in [1.165, 1.54) is 16.5 Å². The zero-order chi connectivity index (χ0) is 26.3. The Balaban J connectivity index is 1.42. The van der Waals surface area contributed by atoms with E-state index in [0.29, 0.717) is 6.61 Å². The second-order valence-electron chi connectivity index (χ2n) is 10.5. The van der Waals surface area contributed by atoms with Crippen LogP contribution in [0.4, 0.5) is 0 Å². The van der Waals surface area contributed by atoms with E-state index >= 15 is 0 Å². The van der Waals surface area contributed by atoms with Crippen molar-refractivity contribution in [3.05, 3.63) is 107 Å². The van der Waals surface area contributed by atoms with Crippen molar-refractivity contribution in [2.24, 2.45) is 7.05 Å². The van der Waals surface area contributed by atoms with Gasteiger partial charge in [-0.1, -0.05) is 61.5 Å². The summed E-state index contributed by atoms with van der Waals surface area (Å²) < 4.78 is 8.45. The first-order valence-corrected chi connectivity index (χ1v) is 13.4. The molecule has 5 aromatic rings. The molecule has 0 fully saturated rings. The summed E-state index contributed by atoms with van der Waals surface area (Å²) >= 11 is 0. The van der Waals surface area contributed by atoms with E-state index < -0.39 is 11.4 Å². The quantitative estimate of drug-likeness (QED) is 0.252. The molecule has 0 spiro atoms. The summed E-state index contributed by atoms with van der Waals surface area (Å²) in [5.74, 6) is 0.270. The Labute approximate surface area is 222 Å². The van der Waals surface area contributed by atoms with Crippen LogP contribution in [0.25, 0.3) is 21.8 Å². The van der Waals surface area contributed by atoms with Gasteiger partial charge in [-0.3, -0.25) is 4.79 Å². The number of aliphatic carboxylic acids is 1. The number of fused-ring (bicyclic) bond motifs is 4. The van der Waals surface area contributed by atoms with Gasteiger partial charge in [-0.2, -0.15) is 0 Å². The summed E-state index contributed by atoms with van der Waals surface area (Å²) in [7, 11) is 2.08. The topological polar surface area (TPSA) is 64.3 Å². The van der Waals surface area contributed by atoms with Crippen molar-refractivity contribution in [3.63, 3.8) is 0 Å². The lowest BCUT2D eigenvalue weighted by atomic mass is 9.65. The van der Waals surface area contributed by atoms with Gasteiger partial charge >= 0.3 is 5.97 Å². The fourth-order valence-corrected chi connectivity index (χ4v) is 6.51. The number of aryl methyl sites for hydroxylation is 1. The Morgan fingerprint density at radius 1 is 1.05 bits per heavy atom. The van der Waals surface area contributed by atoms with E-state index in [1.807, 2.05) is 36.4 Å². The van der Waals surface area contributed by atoms with Gasteiger partial charge in [0.1, 0.15) is 12.4 Å². The molecule has 2 atom stereocenters. The van der Waals surface area contributed by atoms with Crippen LogP contribution in [0.3, 0.4) is 0 Å². The lowest BCUT2D eigenvalue weighted by Crippen LogP contribution is -2.36. The van der Waals surface area contributed by atoms with Gasteiger partial charge in [0.25, 0.3) is 0 Å². The number of aromatic nitrogens is 2. The lowest BCUT2D eigenvalue weighted by molar-refractivity contribution is -0.138. The molecule has 1 N–H and O–H groups in total. The van der Waals surface area contributed by atoms with Crippen molar-refractivity contribution in [1.82, 2.24) is 9.55 Å². The molecule has 0 saturated heterocycles. The molecule has 0 aliphatic heterocycles. The average molecular weight is 505 g/mol. The highest BCUT2D eigenvalue weighted by Crippen LogP contribution is 2.52. The monoisotopic (exact) mass is 504 g/mol. The van der Waals surface area contributed by atoms with Crippen molar-refractivity contribution in [2.45, 2.75) is 50.5 Å². The number of rotatable bonds is 7. The number of hydrogen-bond donors (Lipinski definition) is 1. The molecule has 3 aromatic carbocycles. The minimum atomic E-state index is -0.742. The Morgan fingerprint density at radius 2 is 1.84 bits per heavy atom. The zero-order valence-electron chi connectivity index (χ0n) is 21.9. The summed E-state index contributed by atoms with van der Waals surface area (Å²) in [5.41, 5.74) is 6.23. The smallest absolute Gasteiger partial charge is 0.304 e. The van der Waals surface area contributed by atoms with E-state index in [2.05, 4.69) is 67.1 Å². The van der Waals surface area contributed by atoms with Crippen LogP contribution in [0.2, 0.25) is 0 Å². The highest BCUT2D eigenvalue weighted by atomic mass is 16.5. The first kappa shape index (κ1) is 24.2. The van der Waals surface area contributed by atoms with E-state index in [9.17, 15) is 9.90 Å². The van der Waals surface area contributed by atoms with Gasteiger partial charge < -0.3 is 14.4 Å². The maximum atomic E-state index is 12.0. The van der Waals surface area contributed by atoms with E-state index in [4.69, 9.17) is 9.72 Å². The van der Waals surface area contributed by atoms with Crippen LogP contribution in [0.1, 0.15) is 61.0 Å². The lowest BCUT2D eigenvalue weighted by Gasteiger charge is -2.40. The highest BCUT2D eigenvalue weighted by molar-refractivity contribution is 5.89. The normalized spacial score (nSPS) is 18.9. The summed E-state index contributed by atoms with van der Waals surface area (Å²) in [4.78, 5) is 16.8. The van der Waals surface area contributed by atoms with Crippen molar-refractivity contribution in [1.29, 1.82) is 0 Å². The van der Waals surface area contributed by atoms with Crippen LogP contribution in [0.15, 0.2) is 84.9 Å². The second-order valence-corrected chi connectivity index (χ2v) is 10.5. The van der Waals surface area contributed by atoms with Gasteiger partial charge in [0.15, 0.2) is 0 Å². The number of benzene rings is 3. The third-order valence-electron chi connectivity index (χ3n) is 8.38. The van der Waals surface area contributed by atoms with Gasteiger partial charge in [-0.15, -0.1) is 0 Å². The molecule has 1 aliphatic carbocycles. The van der Waals surface area contributed by atoms with Crippen molar-refractivity contribution in [2.75, 3.05) is 0 Å². The minimum Gasteiger partial charge on any atom is -0.487 e. The fraction of sp³-hybridized carbons (Fsp3) is 0.273. The molecule has 6 rings (SSSR count). The highest BCUT2D eigenvalue weighted by Gasteiger charge is 2.44. The molecular formula is C33H32N2O3. The number of para-hydroxylation sites is 1. The maximum absolute atomic E-state index is 12.0. The molecule has 2 heterocycles. The molecule has 2 unspecified atom stereocenters. The zero-order valence-corrected chi connectivity index (χ0v) is 21.9. The van der Waals surface area contributed by atoms with Gasteiger partial charge in [-0.25, -0.2) is 4.98 Å². The van der Waals surface area contributed by atoms with Gasteiger partial charge in [0, 0.05) is 40.9 Å². The number of carboxylic acids is 1. The summed E-state index contributed by atoms with van der Waals surface area (Å²) in [5, 5.41) is 12.2. The van der Waals surface area contributed by atoms with Crippen LogP contribution in [-0.2, 0) is 23.9 Å². The molecule has 0 radical (unpaired) electrons. The minimum absolute atomic E-state index is 0.138. The molecule has 0 amide bonds. The molecule has 5 heteroatoms. The van der Waals surface area contributed by atoms with Crippen LogP contribution >= 0.6 is 0 Å². The molecule has 2 aromatic heterocycles. The van der Waals surface area contributed by atoms with E-state index in [1.54, 1.807) is 0 Å². The molecule has 5 nitrogen and oxygen atoms in total. The van der Waals surface area contributed by atoms with Crippen molar-refractivity contribution in [3.8, 4) is 5.75 Å². The number of carboxylic acid groups (broad SMARTS) is 1. The van der Waals surface area contributed by atoms with Gasteiger partial charge in [0.05, 0.1) is 23.1 Å². The van der Waals surface area contributed by atoms with E-state index in [-0.39, 0.29) is 12.3 Å². The van der Waals surface area contributed by atoms with Crippen molar-refractivity contribution < 1.29 is 14.6 Å². The van der Waals surface area contributed by atoms with Crippen LogP contribution in [-0.4, -0.2) is 20.6 Å². The summed E-state index contributed by atoms with van der Waals surface area (Å²) in [6, 6.07) is 29.1. The third-order valence-corrected chi connectivity index (χ3v) is 8.38. The van der Waals surface area contributed by atoms with Crippen LogP contribution in [0, 0.1) is 0 Å². The third kappa shape index (κ3) is 4.12. The Kier molecular flexibility index (Phi) is 6.15. The number of carbonyl (C=O) groups is 1. The molecule has 1 aliphatic rings. The number of nitrogens with zero attached hydrogens (tertiary/aromatic N) is 2. The Morgan fingerprint density at radius 3 is 2.63 bits per heavy atom. The Hall–Kier alpha value is -4.12. The average Bonchev–Trinajstić information content (AvgIpc) is 3.24. The van der Waals surface area contributed by atoms with Crippen molar-refractivity contribution >= 4 is 27.8 Å². The molecule has 0 bridgehead atoms. The first-order chi connectivity index (χ1) is 18.5. The largest absolute Gasteiger partial charge is 0.487 e. The summed E-state index contributed by atoms with van der Waals surface area (Å²) in [6.45, 7) is 2.50. The van der Waals surface area contributed by atoms with Gasteiger partial charge in [-0.05, 0) is 54.7 Å². The molecule has 192 valence electrons. The van der Waals surface area contributed by atoms with Crippen LogP contribution < -0.4 is 4.74 Å². The first-order valence-electron chi connectivity index (χ1n) is 13.4. The number of pyridine rings is 1. The number of ether oxygens (including phenoxy) is 1. The standard InChI is InChI=1S/C33H32N2O3/c1-3-33(20-30(36)37)18-17-26(22-9-5-4-6-10-22)31-27-16-15-25(19-29(27)35(2)32(31)33)38-21-24-14-13-23-11-7-8-12-28(23)34-24/h4-16,19,26H,3,17-18,20-21H2,1-2H3,(H,36,37). The SMILES string of the molecule is CCC1(CC(=O)O)CCC(c2ccccc2)c2c1n(C)c1cc(OCc3ccc4ccccc4n3)ccc21. The predicted octanol–water partition coefficient (Wildman–Crippen LogP) is 7.35. The predicted molar refractivity (Wildman–Crippen MR) is 151 cm³/mol. The molecular weight excluding hydrogens is 472 g/mol. The maximum Gasteiger partial charge on any atom is 0.304 e. The second kappa shape index (κ2) is 9.64. The van der Waals surface area contributed by atoms with Crippen LogP contribution in [0.5, 0.6) is 5.75 Å². The summed E-state index contributed by atoms with van der Waals surface area (Å²) in [6.07, 6.45) is 2.71. The Bertz CT molecular complexity index is 1640. The fourth-order valence-electron chi connectivity index (χ4n) is 6.51. The van der Waals surface area contributed by atoms with E-state index in [0.717, 1.165) is 52.8 Å².